The number of para-hydroxylation sites is 1. The maximum atomic E-state index is 13.7. The number of carbonyl (C=O) groups is 4. The molecule has 0 saturated carbocycles. The van der Waals surface area contributed by atoms with E-state index in [0.29, 0.717) is 16.5 Å². The zero-order chi connectivity index (χ0) is 34.1. The Balaban J connectivity index is 1.43. The first kappa shape index (κ1) is 33.4. The van der Waals surface area contributed by atoms with E-state index in [1.54, 1.807) is 49.6 Å². The van der Waals surface area contributed by atoms with Gasteiger partial charge in [-0.2, -0.15) is 0 Å². The Labute approximate surface area is 274 Å². The van der Waals surface area contributed by atoms with Gasteiger partial charge in [-0.15, -0.1) is 0 Å². The standard InChI is InChI=1S/C38H42N2O7/c1-37(2,3)20-23(41)21-40-32-18-12-11-17-28(32)29(33(40)35(44)47-38(4,5)6)19-31(34(42)43)39-36(45)46-22-30-26-15-9-7-13-24(26)25-14-8-10-16-27(25)30/h7-18,30-31H,19-22H2,1-6H3,(H,39,45)(H,42,43)/t31-/m1/s1. The predicted molar refractivity (Wildman–Crippen MR) is 180 cm³/mol. The summed E-state index contributed by atoms with van der Waals surface area (Å²) in [6, 6.07) is 21.6. The van der Waals surface area contributed by atoms with Crippen molar-refractivity contribution < 1.29 is 33.8 Å². The van der Waals surface area contributed by atoms with E-state index in [9.17, 15) is 24.3 Å². The van der Waals surface area contributed by atoms with Crippen LogP contribution in [0.5, 0.6) is 0 Å². The summed E-state index contributed by atoms with van der Waals surface area (Å²) in [6.07, 6.45) is -0.846. The molecule has 0 saturated heterocycles. The maximum absolute atomic E-state index is 13.7. The number of amides is 1. The Bertz CT molecular complexity index is 1800. The number of rotatable bonds is 10. The van der Waals surface area contributed by atoms with Crippen LogP contribution in [-0.2, 0) is 32.0 Å². The zero-order valence-electron chi connectivity index (χ0n) is 27.8. The van der Waals surface area contributed by atoms with E-state index in [-0.39, 0.29) is 48.8 Å². The summed E-state index contributed by atoms with van der Waals surface area (Å²) in [5.41, 5.74) is 4.15. The van der Waals surface area contributed by atoms with Crippen molar-refractivity contribution in [1.82, 2.24) is 9.88 Å². The van der Waals surface area contributed by atoms with Gasteiger partial charge in [0.2, 0.25) is 0 Å². The highest BCUT2D eigenvalue weighted by atomic mass is 16.6. The van der Waals surface area contributed by atoms with Crippen LogP contribution in [0.2, 0.25) is 0 Å². The Kier molecular flexibility index (Phi) is 9.29. The largest absolute Gasteiger partial charge is 0.480 e. The van der Waals surface area contributed by atoms with Crippen LogP contribution in [0, 0.1) is 5.41 Å². The number of carboxylic acids is 1. The Morgan fingerprint density at radius 2 is 1.43 bits per heavy atom. The highest BCUT2D eigenvalue weighted by Crippen LogP contribution is 2.44. The molecule has 0 spiro atoms. The van der Waals surface area contributed by atoms with Gasteiger partial charge in [-0.1, -0.05) is 87.5 Å². The molecule has 9 nitrogen and oxygen atoms in total. The van der Waals surface area contributed by atoms with Gasteiger partial charge in [0.1, 0.15) is 23.9 Å². The van der Waals surface area contributed by atoms with Crippen molar-refractivity contribution >= 4 is 34.7 Å². The van der Waals surface area contributed by atoms with E-state index < -0.39 is 29.7 Å². The van der Waals surface area contributed by atoms with Gasteiger partial charge in [0.15, 0.2) is 5.78 Å². The minimum absolute atomic E-state index is 0.0184. The third kappa shape index (κ3) is 7.56. The predicted octanol–water partition coefficient (Wildman–Crippen LogP) is 7.14. The van der Waals surface area contributed by atoms with Crippen LogP contribution in [-0.4, -0.2) is 51.7 Å². The number of carboxylic acid groups (broad SMARTS) is 1. The number of fused-ring (bicyclic) bond motifs is 4. The van der Waals surface area contributed by atoms with Crippen molar-refractivity contribution in [3.8, 4) is 11.1 Å². The summed E-state index contributed by atoms with van der Waals surface area (Å²) in [5, 5.41) is 13.3. The van der Waals surface area contributed by atoms with Gasteiger partial charge in [-0.3, -0.25) is 4.79 Å². The number of ether oxygens (including phenoxy) is 2. The first-order chi connectivity index (χ1) is 22.1. The molecule has 0 fully saturated rings. The first-order valence-corrected chi connectivity index (χ1v) is 15.8. The van der Waals surface area contributed by atoms with E-state index in [1.807, 2.05) is 69.3 Å². The average Bonchev–Trinajstić information content (AvgIpc) is 3.46. The van der Waals surface area contributed by atoms with Gasteiger partial charge in [0, 0.05) is 29.7 Å². The normalized spacial score (nSPS) is 13.5. The molecule has 47 heavy (non-hydrogen) atoms. The second kappa shape index (κ2) is 13.1. The van der Waals surface area contributed by atoms with E-state index in [1.165, 1.54) is 0 Å². The van der Waals surface area contributed by atoms with E-state index >= 15 is 0 Å². The molecule has 4 aromatic rings. The van der Waals surface area contributed by atoms with Crippen LogP contribution in [0.3, 0.4) is 0 Å². The molecule has 3 aromatic carbocycles. The molecular weight excluding hydrogens is 596 g/mol. The molecule has 246 valence electrons. The van der Waals surface area contributed by atoms with Crippen LogP contribution in [0.15, 0.2) is 72.8 Å². The van der Waals surface area contributed by atoms with Crippen molar-refractivity contribution in [3.05, 3.63) is 95.2 Å². The summed E-state index contributed by atoms with van der Waals surface area (Å²) < 4.78 is 13.0. The fourth-order valence-electron chi connectivity index (χ4n) is 6.32. The second-order valence-corrected chi connectivity index (χ2v) is 14.3. The average molecular weight is 639 g/mol. The molecule has 2 N–H and O–H groups in total. The van der Waals surface area contributed by atoms with Gasteiger partial charge in [-0.05, 0) is 60.1 Å². The quantitative estimate of drug-likeness (QED) is 0.177. The van der Waals surface area contributed by atoms with E-state index in [0.717, 1.165) is 22.3 Å². The van der Waals surface area contributed by atoms with Crippen molar-refractivity contribution in [2.75, 3.05) is 6.61 Å². The molecule has 1 aliphatic carbocycles. The summed E-state index contributed by atoms with van der Waals surface area (Å²) in [4.78, 5) is 52.7. The number of hydrogen-bond acceptors (Lipinski definition) is 6. The third-order valence-corrected chi connectivity index (χ3v) is 8.07. The molecule has 0 radical (unpaired) electrons. The Hall–Kier alpha value is -4.92. The summed E-state index contributed by atoms with van der Waals surface area (Å²) >= 11 is 0. The maximum Gasteiger partial charge on any atom is 0.407 e. The number of aliphatic carboxylic acids is 1. The molecule has 0 unspecified atom stereocenters. The van der Waals surface area contributed by atoms with E-state index in [4.69, 9.17) is 9.47 Å². The molecular formula is C38H42N2O7. The molecule has 1 aromatic heterocycles. The van der Waals surface area contributed by atoms with Crippen LogP contribution in [0.1, 0.15) is 81.1 Å². The lowest BCUT2D eigenvalue weighted by atomic mass is 9.90. The SMILES string of the molecule is CC(C)(C)CC(=O)Cn1c(C(=O)OC(C)(C)C)c(C[C@@H](NC(=O)OCC2c3ccccc3-c3ccccc32)C(=O)O)c2ccccc21. The van der Waals surface area contributed by atoms with Gasteiger partial charge in [0.25, 0.3) is 0 Å². The second-order valence-electron chi connectivity index (χ2n) is 14.3. The van der Waals surface area contributed by atoms with Crippen molar-refractivity contribution in [2.45, 2.75) is 78.5 Å². The van der Waals surface area contributed by atoms with Gasteiger partial charge in [-0.25, -0.2) is 14.4 Å². The summed E-state index contributed by atoms with van der Waals surface area (Å²) in [6.45, 7) is 11.0. The van der Waals surface area contributed by atoms with E-state index in [2.05, 4.69) is 5.32 Å². The highest BCUT2D eigenvalue weighted by Gasteiger charge is 2.33. The van der Waals surface area contributed by atoms with Gasteiger partial charge < -0.3 is 24.5 Å². The zero-order valence-corrected chi connectivity index (χ0v) is 27.8. The molecule has 0 bridgehead atoms. The van der Waals surface area contributed by atoms with Crippen LogP contribution in [0.4, 0.5) is 4.79 Å². The topological polar surface area (TPSA) is 124 Å². The Morgan fingerprint density at radius 3 is 2.00 bits per heavy atom. The molecule has 1 aliphatic rings. The third-order valence-electron chi connectivity index (χ3n) is 8.07. The highest BCUT2D eigenvalue weighted by molar-refractivity contribution is 6.01. The fraction of sp³-hybridized carbons (Fsp3) is 0.368. The number of aromatic nitrogens is 1. The smallest absolute Gasteiger partial charge is 0.407 e. The lowest BCUT2D eigenvalue weighted by Gasteiger charge is -2.22. The number of benzene rings is 3. The molecule has 1 amide bonds. The summed E-state index contributed by atoms with van der Waals surface area (Å²) in [7, 11) is 0. The number of esters is 1. The lowest BCUT2D eigenvalue weighted by molar-refractivity contribution is -0.139. The Morgan fingerprint density at radius 1 is 0.851 bits per heavy atom. The van der Waals surface area contributed by atoms with Gasteiger partial charge >= 0.3 is 18.0 Å². The van der Waals surface area contributed by atoms with Crippen LogP contribution in [0.25, 0.3) is 22.0 Å². The minimum Gasteiger partial charge on any atom is -0.480 e. The number of ketones is 1. The monoisotopic (exact) mass is 638 g/mol. The molecule has 5 rings (SSSR count). The first-order valence-electron chi connectivity index (χ1n) is 15.8. The summed E-state index contributed by atoms with van der Waals surface area (Å²) in [5.74, 6) is -2.26. The fourth-order valence-corrected chi connectivity index (χ4v) is 6.32. The molecule has 9 heteroatoms. The van der Waals surface area contributed by atoms with Crippen LogP contribution < -0.4 is 5.32 Å². The van der Waals surface area contributed by atoms with Gasteiger partial charge in [0.05, 0.1) is 6.54 Å². The molecule has 1 atom stereocenters. The number of nitrogens with zero attached hydrogens (tertiary/aromatic N) is 1. The number of Topliss-reactive ketones (excluding diaryl/α,β-unsaturated/α-hetero) is 1. The number of hydrogen-bond donors (Lipinski definition) is 2. The number of carbonyl (C=O) groups excluding carboxylic acids is 3. The lowest BCUT2D eigenvalue weighted by Crippen LogP contribution is -2.43. The van der Waals surface area contributed by atoms with Crippen molar-refractivity contribution in [2.24, 2.45) is 5.41 Å². The molecule has 1 heterocycles. The van der Waals surface area contributed by atoms with Crippen molar-refractivity contribution in [1.29, 1.82) is 0 Å². The van der Waals surface area contributed by atoms with Crippen LogP contribution >= 0.6 is 0 Å². The molecule has 0 aliphatic heterocycles. The minimum atomic E-state index is -1.43. The number of nitrogens with one attached hydrogen (secondary N) is 1. The van der Waals surface area contributed by atoms with Crippen molar-refractivity contribution in [3.63, 3.8) is 0 Å². The number of alkyl carbamates (subject to hydrolysis) is 1.